The van der Waals surface area contributed by atoms with Gasteiger partial charge in [0.25, 0.3) is 0 Å². The topological polar surface area (TPSA) is 0 Å². The van der Waals surface area contributed by atoms with Gasteiger partial charge in [-0.2, -0.15) is 0 Å². The number of rotatable bonds is 0. The molecule has 0 nitrogen and oxygen atoms in total. The standard InChI is InChI=1S/C6H4Cl8/c7-3(8)1-2-4(9,10)6(13,14)5(3,11)12/h1-2H2. The summed E-state index contributed by atoms with van der Waals surface area (Å²) in [6, 6.07) is 0. The van der Waals surface area contributed by atoms with Crippen LogP contribution in [-0.2, 0) is 0 Å². The van der Waals surface area contributed by atoms with Gasteiger partial charge >= 0.3 is 0 Å². The molecular weight excluding hydrogens is 356 g/mol. The van der Waals surface area contributed by atoms with Gasteiger partial charge in [0.2, 0.25) is 0 Å². The van der Waals surface area contributed by atoms with E-state index in [9.17, 15) is 0 Å². The van der Waals surface area contributed by atoms with Crippen LogP contribution in [-0.4, -0.2) is 17.3 Å². The number of hydrogen-bond donors (Lipinski definition) is 0. The largest absolute Gasteiger partial charge is 0.186 e. The maximum atomic E-state index is 5.91. The summed E-state index contributed by atoms with van der Waals surface area (Å²) in [7, 11) is 0. The first-order valence-corrected chi connectivity index (χ1v) is 6.49. The van der Waals surface area contributed by atoms with Crippen LogP contribution in [0.15, 0.2) is 0 Å². The molecule has 1 rings (SSSR count). The molecule has 84 valence electrons. The van der Waals surface area contributed by atoms with Gasteiger partial charge in [-0.1, -0.05) is 92.8 Å². The maximum Gasteiger partial charge on any atom is 0.186 e. The van der Waals surface area contributed by atoms with E-state index in [1.165, 1.54) is 0 Å². The monoisotopic (exact) mass is 356 g/mol. The van der Waals surface area contributed by atoms with Gasteiger partial charge in [-0.05, 0) is 12.8 Å². The van der Waals surface area contributed by atoms with Crippen LogP contribution in [0.3, 0.4) is 0 Å². The molecule has 0 amide bonds. The van der Waals surface area contributed by atoms with E-state index < -0.39 is 17.3 Å². The van der Waals surface area contributed by atoms with Gasteiger partial charge < -0.3 is 0 Å². The third-order valence-corrected chi connectivity index (χ3v) is 7.54. The molecular formula is C6H4Cl8. The minimum absolute atomic E-state index is 0.192. The van der Waals surface area contributed by atoms with Gasteiger partial charge in [0.1, 0.15) is 0 Å². The van der Waals surface area contributed by atoms with Gasteiger partial charge in [0.15, 0.2) is 17.3 Å². The Morgan fingerprint density at radius 1 is 0.500 bits per heavy atom. The van der Waals surface area contributed by atoms with Crippen molar-refractivity contribution in [3.63, 3.8) is 0 Å². The van der Waals surface area contributed by atoms with Crippen molar-refractivity contribution in [3.8, 4) is 0 Å². The fourth-order valence-corrected chi connectivity index (χ4v) is 3.44. The second kappa shape index (κ2) is 3.92. The second-order valence-electron chi connectivity index (χ2n) is 3.06. The summed E-state index contributed by atoms with van der Waals surface area (Å²) in [5, 5.41) is 0. The number of alkyl halides is 8. The van der Waals surface area contributed by atoms with Gasteiger partial charge in [-0.15, -0.1) is 0 Å². The van der Waals surface area contributed by atoms with Crippen LogP contribution < -0.4 is 0 Å². The first-order valence-electron chi connectivity index (χ1n) is 3.47. The number of halogens is 8. The molecule has 0 aliphatic heterocycles. The van der Waals surface area contributed by atoms with Gasteiger partial charge in [-0.25, -0.2) is 0 Å². The molecule has 0 aromatic rings. The van der Waals surface area contributed by atoms with E-state index in [-0.39, 0.29) is 12.8 Å². The van der Waals surface area contributed by atoms with E-state index in [0.717, 1.165) is 0 Å². The third kappa shape index (κ3) is 1.93. The lowest BCUT2D eigenvalue weighted by Gasteiger charge is -2.50. The molecule has 8 heteroatoms. The molecule has 1 aliphatic rings. The highest BCUT2D eigenvalue weighted by molar-refractivity contribution is 6.74. The smallest absolute Gasteiger partial charge is 0.0982 e. The van der Waals surface area contributed by atoms with Crippen LogP contribution in [0.2, 0.25) is 0 Å². The van der Waals surface area contributed by atoms with Crippen LogP contribution in [0, 0.1) is 0 Å². The fraction of sp³-hybridized carbons (Fsp3) is 1.00. The zero-order valence-electron chi connectivity index (χ0n) is 6.44. The van der Waals surface area contributed by atoms with Crippen LogP contribution >= 0.6 is 92.8 Å². The van der Waals surface area contributed by atoms with Crippen LogP contribution in [0.1, 0.15) is 12.8 Å². The summed E-state index contributed by atoms with van der Waals surface area (Å²) in [4.78, 5) is 0. The quantitative estimate of drug-likeness (QED) is 0.503. The highest BCUT2D eigenvalue weighted by Crippen LogP contribution is 2.67. The summed E-state index contributed by atoms with van der Waals surface area (Å²) in [5.41, 5.74) is 0. The molecule has 0 N–H and O–H groups in total. The fourth-order valence-electron chi connectivity index (χ4n) is 1.09. The van der Waals surface area contributed by atoms with E-state index in [1.54, 1.807) is 0 Å². The average Bonchev–Trinajstić information content (AvgIpc) is 1.98. The molecule has 0 radical (unpaired) electrons. The van der Waals surface area contributed by atoms with Crippen LogP contribution in [0.5, 0.6) is 0 Å². The Labute approximate surface area is 122 Å². The van der Waals surface area contributed by atoms with Crippen LogP contribution in [0.4, 0.5) is 0 Å². The first kappa shape index (κ1) is 14.4. The second-order valence-corrected chi connectivity index (χ2v) is 8.68. The van der Waals surface area contributed by atoms with Crippen molar-refractivity contribution in [2.45, 2.75) is 30.2 Å². The average molecular weight is 360 g/mol. The summed E-state index contributed by atoms with van der Waals surface area (Å²) in [5.74, 6) is 0. The summed E-state index contributed by atoms with van der Waals surface area (Å²) in [6.07, 6.45) is 0.384. The Balaban J connectivity index is 3.20. The molecule has 0 atom stereocenters. The Bertz CT molecular complexity index is 216. The Morgan fingerprint density at radius 2 is 0.714 bits per heavy atom. The normalized spacial score (nSPS) is 32.6. The molecule has 0 bridgehead atoms. The predicted molar refractivity (Wildman–Crippen MR) is 67.0 cm³/mol. The molecule has 14 heavy (non-hydrogen) atoms. The molecule has 0 heterocycles. The zero-order chi connectivity index (χ0) is 11.4. The molecule has 0 saturated heterocycles. The molecule has 0 spiro atoms. The van der Waals surface area contributed by atoms with Crippen molar-refractivity contribution in [1.82, 2.24) is 0 Å². The van der Waals surface area contributed by atoms with Gasteiger partial charge in [-0.3, -0.25) is 0 Å². The van der Waals surface area contributed by atoms with Crippen molar-refractivity contribution in [1.29, 1.82) is 0 Å². The molecule has 0 aromatic carbocycles. The van der Waals surface area contributed by atoms with E-state index >= 15 is 0 Å². The van der Waals surface area contributed by atoms with Gasteiger partial charge in [0, 0.05) is 0 Å². The highest BCUT2D eigenvalue weighted by Gasteiger charge is 2.71. The lowest BCUT2D eigenvalue weighted by Crippen LogP contribution is -2.62. The van der Waals surface area contributed by atoms with Crippen LogP contribution in [0.25, 0.3) is 0 Å². The molecule has 0 aromatic heterocycles. The lowest BCUT2D eigenvalue weighted by molar-refractivity contribution is 0.408. The number of hydrogen-bond acceptors (Lipinski definition) is 0. The van der Waals surface area contributed by atoms with Crippen molar-refractivity contribution in [2.24, 2.45) is 0 Å². The Morgan fingerprint density at radius 3 is 0.929 bits per heavy atom. The highest BCUT2D eigenvalue weighted by atomic mass is 35.6. The van der Waals surface area contributed by atoms with E-state index in [1.807, 2.05) is 0 Å². The Kier molecular flexibility index (Phi) is 4.02. The van der Waals surface area contributed by atoms with Crippen molar-refractivity contribution in [2.75, 3.05) is 0 Å². The Hall–Kier alpha value is 2.32. The maximum absolute atomic E-state index is 5.91. The molecule has 1 fully saturated rings. The summed E-state index contributed by atoms with van der Waals surface area (Å²) >= 11 is 47.2. The molecule has 1 saturated carbocycles. The lowest BCUT2D eigenvalue weighted by atomic mass is 9.96. The van der Waals surface area contributed by atoms with E-state index in [4.69, 9.17) is 92.8 Å². The first-order chi connectivity index (χ1) is 5.96. The van der Waals surface area contributed by atoms with E-state index in [2.05, 4.69) is 0 Å². The van der Waals surface area contributed by atoms with Gasteiger partial charge in [0.05, 0.1) is 0 Å². The third-order valence-electron chi connectivity index (χ3n) is 2.07. The summed E-state index contributed by atoms with van der Waals surface area (Å²) < 4.78 is -6.69. The zero-order valence-corrected chi connectivity index (χ0v) is 12.5. The minimum Gasteiger partial charge on any atom is -0.0982 e. The van der Waals surface area contributed by atoms with Crippen molar-refractivity contribution in [3.05, 3.63) is 0 Å². The van der Waals surface area contributed by atoms with Crippen molar-refractivity contribution < 1.29 is 0 Å². The minimum atomic E-state index is -1.85. The van der Waals surface area contributed by atoms with Crippen molar-refractivity contribution >= 4 is 92.8 Å². The van der Waals surface area contributed by atoms with E-state index in [0.29, 0.717) is 0 Å². The predicted octanol–water partition coefficient (Wildman–Crippen LogP) is 5.48. The molecule has 0 unspecified atom stereocenters. The summed E-state index contributed by atoms with van der Waals surface area (Å²) in [6.45, 7) is 0. The molecule has 1 aliphatic carbocycles. The SMILES string of the molecule is ClC1(Cl)CCC(Cl)(Cl)C(Cl)(Cl)C1(Cl)Cl.